The number of anilines is 1. The quantitative estimate of drug-likeness (QED) is 0.0235. The Hall–Kier alpha value is -6.84. The van der Waals surface area contributed by atoms with Gasteiger partial charge in [0, 0.05) is 39.7 Å². The number of thioether (sulfide) groups is 1. The zero-order valence-electron chi connectivity index (χ0n) is 35.8. The molecule has 1 saturated heterocycles. The number of hydrogen-bond donors (Lipinski definition) is 2. The second-order valence-electron chi connectivity index (χ2n) is 15.4. The number of aryl methyl sites for hydroxylation is 1. The summed E-state index contributed by atoms with van der Waals surface area (Å²) in [6, 6.07) is 31.3. The first-order chi connectivity index (χ1) is 31.0. The predicted molar refractivity (Wildman–Crippen MR) is 249 cm³/mol. The van der Waals surface area contributed by atoms with E-state index in [4.69, 9.17) is 20.0 Å². The van der Waals surface area contributed by atoms with Crippen LogP contribution < -0.4 is 11.1 Å². The molecule has 0 spiro atoms. The van der Waals surface area contributed by atoms with E-state index in [1.165, 1.54) is 16.7 Å². The number of benzene rings is 3. The lowest BCUT2D eigenvalue weighted by Gasteiger charge is -2.49. The van der Waals surface area contributed by atoms with E-state index in [1.54, 1.807) is 29.8 Å². The minimum absolute atomic E-state index is 0.00447. The molecule has 7 rings (SSSR count). The fraction of sp³-hybridized carbons (Fsp3) is 0.245. The molecular weight excluding hydrogens is 849 g/mol. The second-order valence-corrected chi connectivity index (χ2v) is 17.4. The molecule has 0 saturated carbocycles. The molecule has 0 radical (unpaired) electrons. The SMILES string of the molecule is CC/C=C(\COC(=O)C1=C(/C=C\c2ccc(C)nc2)CS[C@@H]2[C@H](NC(=O)C(=NOC(c3ccccc3)(c3ccccc3)c3ccccc3)c3csc(N)n3)C(=O)N12)C(=O)OCC(C)C. The molecule has 2 amide bonds. The van der Waals surface area contributed by atoms with Gasteiger partial charge >= 0.3 is 11.9 Å². The van der Waals surface area contributed by atoms with E-state index in [-0.39, 0.29) is 52.7 Å². The zero-order valence-corrected chi connectivity index (χ0v) is 37.4. The van der Waals surface area contributed by atoms with Crippen molar-refractivity contribution < 1.29 is 33.5 Å². The van der Waals surface area contributed by atoms with Crippen LogP contribution in [0.3, 0.4) is 0 Å². The Kier molecular flexibility index (Phi) is 14.5. The molecule has 13 nitrogen and oxygen atoms in total. The average Bonchev–Trinajstić information content (AvgIpc) is 3.75. The third-order valence-corrected chi connectivity index (χ3v) is 12.3. The number of fused-ring (bicyclic) bond motifs is 1. The number of amides is 2. The Morgan fingerprint density at radius 3 is 2.12 bits per heavy atom. The summed E-state index contributed by atoms with van der Waals surface area (Å²) in [6.45, 7) is 7.43. The molecule has 1 fully saturated rings. The largest absolute Gasteiger partial charge is 0.462 e. The van der Waals surface area contributed by atoms with Crippen molar-refractivity contribution in [1.82, 2.24) is 20.2 Å². The fourth-order valence-corrected chi connectivity index (χ4v) is 9.00. The smallest absolute Gasteiger partial charge is 0.355 e. The topological polar surface area (TPSA) is 175 Å². The van der Waals surface area contributed by atoms with E-state index in [1.807, 2.05) is 131 Å². The summed E-state index contributed by atoms with van der Waals surface area (Å²) < 4.78 is 11.2. The van der Waals surface area contributed by atoms with Crippen LogP contribution in [-0.4, -0.2) is 74.7 Å². The van der Waals surface area contributed by atoms with E-state index < -0.39 is 40.8 Å². The number of oxime groups is 1. The van der Waals surface area contributed by atoms with Gasteiger partial charge in [-0.1, -0.05) is 141 Å². The van der Waals surface area contributed by atoms with Gasteiger partial charge in [-0.2, -0.15) is 0 Å². The first-order valence-electron chi connectivity index (χ1n) is 20.8. The number of nitrogens with one attached hydrogen (secondary N) is 1. The number of allylic oxidation sites excluding steroid dienone is 2. The summed E-state index contributed by atoms with van der Waals surface area (Å²) >= 11 is 2.49. The van der Waals surface area contributed by atoms with Crippen LogP contribution in [0.25, 0.3) is 6.08 Å². The molecule has 15 heteroatoms. The summed E-state index contributed by atoms with van der Waals surface area (Å²) in [4.78, 5) is 72.6. The first-order valence-corrected chi connectivity index (χ1v) is 22.7. The van der Waals surface area contributed by atoms with E-state index in [2.05, 4.69) is 20.4 Å². The highest BCUT2D eigenvalue weighted by molar-refractivity contribution is 8.00. The Morgan fingerprint density at radius 1 is 0.938 bits per heavy atom. The lowest BCUT2D eigenvalue weighted by Crippen LogP contribution is -2.71. The number of esters is 2. The van der Waals surface area contributed by atoms with Crippen LogP contribution >= 0.6 is 23.1 Å². The van der Waals surface area contributed by atoms with Gasteiger partial charge in [0.2, 0.25) is 5.60 Å². The molecule has 2 aromatic heterocycles. The van der Waals surface area contributed by atoms with Crippen LogP contribution in [0, 0.1) is 12.8 Å². The van der Waals surface area contributed by atoms with Crippen molar-refractivity contribution in [1.29, 1.82) is 0 Å². The highest BCUT2D eigenvalue weighted by atomic mass is 32.2. The number of β-lactam (4-membered cyclic amide) rings is 1. The van der Waals surface area contributed by atoms with Crippen molar-refractivity contribution in [2.24, 2.45) is 11.1 Å². The van der Waals surface area contributed by atoms with Gasteiger partial charge in [-0.3, -0.25) is 19.5 Å². The standard InChI is InChI=1S/C49H48N6O7S2/c1-5-15-34(46(58)60-27-31(2)3)28-61-47(59)42-35(25-24-33-23-22-32(4)51-26-33)29-63-45-41(44(57)55(42)45)53-43(56)40(39-30-64-48(50)52-39)54-62-49(36-16-9-6-10-17-36,37-18-11-7-12-19-37)38-20-13-8-14-21-38/h6-26,30-31,41,45H,5,27-29H2,1-4H3,(H2,50,52)(H,53,56)/b25-24-,34-15+,54-40?/t41-,45-/m1/s1. The number of nitrogens with zero attached hydrogens (tertiary/aromatic N) is 4. The van der Waals surface area contributed by atoms with E-state index in [0.29, 0.717) is 12.0 Å². The Morgan fingerprint density at radius 2 is 1.58 bits per heavy atom. The van der Waals surface area contributed by atoms with Crippen molar-refractivity contribution in [2.45, 2.75) is 51.1 Å². The average molecular weight is 897 g/mol. The molecule has 3 N–H and O–H groups in total. The van der Waals surface area contributed by atoms with E-state index >= 15 is 0 Å². The summed E-state index contributed by atoms with van der Waals surface area (Å²) in [5.74, 6) is -2.29. The Balaban J connectivity index is 1.20. The summed E-state index contributed by atoms with van der Waals surface area (Å²) in [7, 11) is 0. The second kappa shape index (κ2) is 20.6. The van der Waals surface area contributed by atoms with Gasteiger partial charge in [0.1, 0.15) is 29.4 Å². The molecule has 3 aromatic carbocycles. The number of hydrogen-bond acceptors (Lipinski definition) is 13. The molecule has 2 atom stereocenters. The molecular formula is C49H48N6O7S2. The first kappa shape index (κ1) is 45.2. The zero-order chi connectivity index (χ0) is 45.2. The Bertz CT molecular complexity index is 2500. The minimum Gasteiger partial charge on any atom is -0.462 e. The normalized spacial score (nSPS) is 16.6. The number of nitrogen functional groups attached to an aromatic ring is 1. The monoisotopic (exact) mass is 896 g/mol. The summed E-state index contributed by atoms with van der Waals surface area (Å²) in [6.07, 6.45) is 7.41. The number of thiazole rings is 1. The van der Waals surface area contributed by atoms with Gasteiger partial charge in [-0.25, -0.2) is 14.6 Å². The van der Waals surface area contributed by atoms with Gasteiger partial charge in [-0.15, -0.1) is 23.1 Å². The molecule has 328 valence electrons. The van der Waals surface area contributed by atoms with Crippen molar-refractivity contribution in [2.75, 3.05) is 24.7 Å². The van der Waals surface area contributed by atoms with Crippen molar-refractivity contribution >= 4 is 63.8 Å². The number of nitrogens with two attached hydrogens (primary N) is 1. The molecule has 0 unspecified atom stereocenters. The van der Waals surface area contributed by atoms with Gasteiger partial charge in [0.15, 0.2) is 10.8 Å². The van der Waals surface area contributed by atoms with E-state index in [9.17, 15) is 19.2 Å². The van der Waals surface area contributed by atoms with E-state index in [0.717, 1.165) is 39.3 Å². The predicted octanol–water partition coefficient (Wildman–Crippen LogP) is 7.59. The van der Waals surface area contributed by atoms with Crippen molar-refractivity contribution in [3.63, 3.8) is 0 Å². The van der Waals surface area contributed by atoms with Crippen LogP contribution in [0.1, 0.15) is 60.8 Å². The number of aromatic nitrogens is 2. The third-order valence-electron chi connectivity index (χ3n) is 10.3. The van der Waals surface area contributed by atoms with Gasteiger partial charge in [0.05, 0.1) is 12.2 Å². The number of rotatable bonds is 17. The number of pyridine rings is 1. The van der Waals surface area contributed by atoms with Gasteiger partial charge in [-0.05, 0) is 36.5 Å². The van der Waals surface area contributed by atoms with Crippen LogP contribution in [0.5, 0.6) is 0 Å². The number of carbonyl (C=O) groups excluding carboxylic acids is 4. The molecule has 2 aliphatic heterocycles. The highest BCUT2D eigenvalue weighted by Crippen LogP contribution is 2.43. The Labute approximate surface area is 380 Å². The van der Waals surface area contributed by atoms with Crippen molar-refractivity contribution in [3.8, 4) is 0 Å². The number of carbonyl (C=O) groups is 4. The third kappa shape index (κ3) is 10.0. The molecule has 4 heterocycles. The van der Waals surface area contributed by atoms with Crippen LogP contribution in [-0.2, 0) is 39.1 Å². The molecule has 2 aliphatic rings. The van der Waals surface area contributed by atoms with Gasteiger partial charge < -0.3 is 25.4 Å². The maximum atomic E-state index is 14.5. The molecule has 0 bridgehead atoms. The number of ether oxygens (including phenoxy) is 2. The van der Waals surface area contributed by atoms with Crippen molar-refractivity contribution in [3.05, 3.63) is 177 Å². The lowest BCUT2D eigenvalue weighted by atomic mass is 9.80. The summed E-state index contributed by atoms with van der Waals surface area (Å²) in [5, 5.41) is 8.53. The van der Waals surface area contributed by atoms with Crippen LogP contribution in [0.4, 0.5) is 5.13 Å². The van der Waals surface area contributed by atoms with Gasteiger partial charge in [0.25, 0.3) is 11.8 Å². The molecule has 0 aliphatic carbocycles. The van der Waals surface area contributed by atoms with Crippen LogP contribution in [0.2, 0.25) is 0 Å². The molecule has 5 aromatic rings. The summed E-state index contributed by atoms with van der Waals surface area (Å²) in [5.41, 5.74) is 9.27. The highest BCUT2D eigenvalue weighted by Gasteiger charge is 2.54. The fourth-order valence-electron chi connectivity index (χ4n) is 7.13. The maximum Gasteiger partial charge on any atom is 0.355 e. The molecule has 64 heavy (non-hydrogen) atoms. The maximum absolute atomic E-state index is 14.5. The van der Waals surface area contributed by atoms with Crippen LogP contribution in [0.15, 0.2) is 149 Å². The minimum atomic E-state index is -1.32. The lowest BCUT2D eigenvalue weighted by molar-refractivity contribution is -0.152.